The average Bonchev–Trinajstić information content (AvgIpc) is 2.78. The van der Waals surface area contributed by atoms with Gasteiger partial charge in [0.1, 0.15) is 5.75 Å². The van der Waals surface area contributed by atoms with E-state index < -0.39 is 0 Å². The van der Waals surface area contributed by atoms with Crippen molar-refractivity contribution in [2.24, 2.45) is 0 Å². The van der Waals surface area contributed by atoms with Gasteiger partial charge in [-0.25, -0.2) is 0 Å². The lowest BCUT2D eigenvalue weighted by atomic mass is 10.2. The van der Waals surface area contributed by atoms with Gasteiger partial charge in [-0.15, -0.1) is 5.10 Å². The Hall–Kier alpha value is -2.24. The predicted octanol–water partition coefficient (Wildman–Crippen LogP) is 2.12. The third-order valence-electron chi connectivity index (χ3n) is 2.16. The fraction of sp³-hybridized carbons (Fsp3) is 0.333. The lowest BCUT2D eigenvalue weighted by Crippen LogP contribution is -1.94. The number of nitrogen functional groups attached to an aromatic ring is 1. The summed E-state index contributed by atoms with van der Waals surface area (Å²) >= 11 is 0. The van der Waals surface area contributed by atoms with E-state index in [0.717, 1.165) is 0 Å². The second-order valence-electron chi connectivity index (χ2n) is 3.53. The molecule has 0 amide bonds. The smallest absolute Gasteiger partial charge is 0.414 e. The number of benzene rings is 1. The van der Waals surface area contributed by atoms with Crippen LogP contribution in [0.5, 0.6) is 11.8 Å². The molecule has 0 aliphatic carbocycles. The van der Waals surface area contributed by atoms with Crippen LogP contribution < -0.4 is 15.2 Å². The fourth-order valence-electron chi connectivity index (χ4n) is 1.50. The summed E-state index contributed by atoms with van der Waals surface area (Å²) in [6, 6.07) is 5.28. The highest BCUT2D eigenvalue weighted by atomic mass is 16.6. The Balaban J connectivity index is 2.30. The molecule has 0 unspecified atom stereocenters. The Kier molecular flexibility index (Phi) is 3.66. The predicted molar refractivity (Wildman–Crippen MR) is 66.5 cm³/mol. The van der Waals surface area contributed by atoms with Gasteiger partial charge in [-0.1, -0.05) is 5.10 Å². The van der Waals surface area contributed by atoms with Gasteiger partial charge in [0, 0.05) is 17.3 Å². The van der Waals surface area contributed by atoms with Crippen molar-refractivity contribution in [2.45, 2.75) is 13.8 Å². The number of hydrogen-bond acceptors (Lipinski definition) is 6. The molecule has 0 saturated carbocycles. The Morgan fingerprint density at radius 2 is 1.89 bits per heavy atom. The Morgan fingerprint density at radius 3 is 2.61 bits per heavy atom. The molecule has 6 nitrogen and oxygen atoms in total. The van der Waals surface area contributed by atoms with Crippen molar-refractivity contribution < 1.29 is 13.9 Å². The molecule has 1 aromatic carbocycles. The SMILES string of the molecule is CCOc1cc(N)cc(-c2nnc(OCC)o2)c1. The number of rotatable bonds is 5. The van der Waals surface area contributed by atoms with E-state index >= 15 is 0 Å². The molecule has 2 N–H and O–H groups in total. The quantitative estimate of drug-likeness (QED) is 0.817. The number of hydrogen-bond donors (Lipinski definition) is 1. The first-order valence-corrected chi connectivity index (χ1v) is 5.73. The molecule has 0 fully saturated rings. The summed E-state index contributed by atoms with van der Waals surface area (Å²) in [5, 5.41) is 7.66. The summed E-state index contributed by atoms with van der Waals surface area (Å²) in [6.45, 7) is 4.79. The van der Waals surface area contributed by atoms with Crippen LogP contribution in [0.25, 0.3) is 11.5 Å². The summed E-state index contributed by atoms with van der Waals surface area (Å²) in [5.74, 6) is 1.02. The molecule has 1 aromatic heterocycles. The molecule has 2 rings (SSSR count). The standard InChI is InChI=1S/C12H15N3O3/c1-3-16-10-6-8(5-9(13)7-10)11-14-15-12(18-11)17-4-2/h5-7H,3-4,13H2,1-2H3. The van der Waals surface area contributed by atoms with E-state index in [1.807, 2.05) is 13.8 Å². The highest BCUT2D eigenvalue weighted by Crippen LogP contribution is 2.27. The second kappa shape index (κ2) is 5.39. The maximum atomic E-state index is 5.79. The van der Waals surface area contributed by atoms with Crippen LogP contribution in [0.15, 0.2) is 22.6 Å². The molecular formula is C12H15N3O3. The number of ether oxygens (including phenoxy) is 2. The van der Waals surface area contributed by atoms with E-state index in [0.29, 0.717) is 36.1 Å². The van der Waals surface area contributed by atoms with Crippen LogP contribution in [0.2, 0.25) is 0 Å². The van der Waals surface area contributed by atoms with E-state index in [-0.39, 0.29) is 6.08 Å². The van der Waals surface area contributed by atoms with E-state index in [4.69, 9.17) is 19.6 Å². The lowest BCUT2D eigenvalue weighted by molar-refractivity contribution is 0.246. The van der Waals surface area contributed by atoms with Gasteiger partial charge < -0.3 is 19.6 Å². The summed E-state index contributed by atoms with van der Waals surface area (Å²) in [4.78, 5) is 0. The van der Waals surface area contributed by atoms with Gasteiger partial charge >= 0.3 is 6.08 Å². The van der Waals surface area contributed by atoms with Crippen LogP contribution in [0.3, 0.4) is 0 Å². The molecule has 0 saturated heterocycles. The summed E-state index contributed by atoms with van der Waals surface area (Å²) in [6.07, 6.45) is 0.146. The number of anilines is 1. The zero-order chi connectivity index (χ0) is 13.0. The van der Waals surface area contributed by atoms with Crippen molar-refractivity contribution in [2.75, 3.05) is 18.9 Å². The third kappa shape index (κ3) is 2.71. The molecule has 96 valence electrons. The Bertz CT molecular complexity index is 525. The van der Waals surface area contributed by atoms with E-state index in [2.05, 4.69) is 10.2 Å². The molecule has 2 aromatic rings. The van der Waals surface area contributed by atoms with Crippen LogP contribution in [0, 0.1) is 0 Å². The van der Waals surface area contributed by atoms with E-state index in [9.17, 15) is 0 Å². The minimum atomic E-state index is 0.146. The highest BCUT2D eigenvalue weighted by molar-refractivity contribution is 5.63. The van der Waals surface area contributed by atoms with Crippen LogP contribution in [0.4, 0.5) is 5.69 Å². The van der Waals surface area contributed by atoms with Crippen LogP contribution >= 0.6 is 0 Å². The Labute approximate surface area is 105 Å². The minimum Gasteiger partial charge on any atom is -0.494 e. The van der Waals surface area contributed by atoms with Crippen molar-refractivity contribution in [3.8, 4) is 23.3 Å². The van der Waals surface area contributed by atoms with Crippen LogP contribution in [-0.4, -0.2) is 23.4 Å². The maximum Gasteiger partial charge on any atom is 0.414 e. The fourth-order valence-corrected chi connectivity index (χ4v) is 1.50. The van der Waals surface area contributed by atoms with Crippen molar-refractivity contribution in [1.82, 2.24) is 10.2 Å². The molecule has 6 heteroatoms. The number of nitrogens with two attached hydrogens (primary N) is 1. The molecule has 0 aliphatic heterocycles. The molecule has 18 heavy (non-hydrogen) atoms. The number of aromatic nitrogens is 2. The summed E-state index contributed by atoms with van der Waals surface area (Å²) in [5.41, 5.74) is 7.07. The van der Waals surface area contributed by atoms with Gasteiger partial charge in [-0.05, 0) is 26.0 Å². The first-order chi connectivity index (χ1) is 8.72. The first-order valence-electron chi connectivity index (χ1n) is 5.73. The molecule has 0 aliphatic rings. The molecular weight excluding hydrogens is 234 g/mol. The normalized spacial score (nSPS) is 10.3. The van der Waals surface area contributed by atoms with Gasteiger partial charge in [-0.2, -0.15) is 0 Å². The molecule has 0 bridgehead atoms. The van der Waals surface area contributed by atoms with Crippen LogP contribution in [-0.2, 0) is 0 Å². The summed E-state index contributed by atoms with van der Waals surface area (Å²) < 4.78 is 15.9. The van der Waals surface area contributed by atoms with Crippen LogP contribution in [0.1, 0.15) is 13.8 Å². The van der Waals surface area contributed by atoms with Crippen molar-refractivity contribution in [1.29, 1.82) is 0 Å². The van der Waals surface area contributed by atoms with Gasteiger partial charge in [0.15, 0.2) is 0 Å². The topological polar surface area (TPSA) is 83.4 Å². The van der Waals surface area contributed by atoms with Crippen molar-refractivity contribution >= 4 is 5.69 Å². The first kappa shape index (κ1) is 12.2. The molecule has 0 spiro atoms. The van der Waals surface area contributed by atoms with Gasteiger partial charge in [0.2, 0.25) is 0 Å². The summed E-state index contributed by atoms with van der Waals surface area (Å²) in [7, 11) is 0. The van der Waals surface area contributed by atoms with Crippen molar-refractivity contribution in [3.05, 3.63) is 18.2 Å². The minimum absolute atomic E-state index is 0.146. The second-order valence-corrected chi connectivity index (χ2v) is 3.53. The van der Waals surface area contributed by atoms with E-state index in [1.165, 1.54) is 0 Å². The zero-order valence-corrected chi connectivity index (χ0v) is 10.3. The Morgan fingerprint density at radius 1 is 1.11 bits per heavy atom. The molecule has 1 heterocycles. The zero-order valence-electron chi connectivity index (χ0n) is 10.3. The highest BCUT2D eigenvalue weighted by Gasteiger charge is 2.11. The molecule has 0 atom stereocenters. The third-order valence-corrected chi connectivity index (χ3v) is 2.16. The average molecular weight is 249 g/mol. The van der Waals surface area contributed by atoms with Gasteiger partial charge in [-0.3, -0.25) is 0 Å². The number of nitrogens with zero attached hydrogens (tertiary/aromatic N) is 2. The molecule has 0 radical (unpaired) electrons. The largest absolute Gasteiger partial charge is 0.494 e. The van der Waals surface area contributed by atoms with Crippen molar-refractivity contribution in [3.63, 3.8) is 0 Å². The maximum absolute atomic E-state index is 5.79. The van der Waals surface area contributed by atoms with Gasteiger partial charge in [0.05, 0.1) is 13.2 Å². The van der Waals surface area contributed by atoms with E-state index in [1.54, 1.807) is 18.2 Å². The lowest BCUT2D eigenvalue weighted by Gasteiger charge is -2.05. The monoisotopic (exact) mass is 249 g/mol. The van der Waals surface area contributed by atoms with Gasteiger partial charge in [0.25, 0.3) is 5.89 Å².